The Morgan fingerprint density at radius 2 is 2.00 bits per heavy atom. The van der Waals surface area contributed by atoms with E-state index >= 15 is 0 Å². The van der Waals surface area contributed by atoms with Crippen LogP contribution in [0.3, 0.4) is 0 Å². The first kappa shape index (κ1) is 12.7. The van der Waals surface area contributed by atoms with Crippen molar-refractivity contribution >= 4 is 0 Å². The van der Waals surface area contributed by atoms with Crippen LogP contribution in [0.2, 0.25) is 0 Å². The summed E-state index contributed by atoms with van der Waals surface area (Å²) in [5, 5.41) is 4.42. The van der Waals surface area contributed by atoms with Crippen LogP contribution in [-0.2, 0) is 28.4 Å². The molecule has 0 fully saturated rings. The van der Waals surface area contributed by atoms with Gasteiger partial charge < -0.3 is 0 Å². The second kappa shape index (κ2) is 5.40. The second-order valence-corrected chi connectivity index (χ2v) is 3.81. The molecule has 0 N–H and O–H groups in total. The van der Waals surface area contributed by atoms with E-state index in [4.69, 9.17) is 3.55 Å². The molecule has 2 nitrogen and oxygen atoms in total. The van der Waals surface area contributed by atoms with E-state index in [1.54, 1.807) is 0 Å². The summed E-state index contributed by atoms with van der Waals surface area (Å²) in [5.41, 5.74) is 1.35. The van der Waals surface area contributed by atoms with Crippen molar-refractivity contribution in [3.63, 3.8) is 0 Å². The predicted molar refractivity (Wildman–Crippen MR) is 47.7 cm³/mol. The van der Waals surface area contributed by atoms with E-state index in [0.717, 1.165) is 6.54 Å². The van der Waals surface area contributed by atoms with Gasteiger partial charge in [0.2, 0.25) is 0 Å². The maximum absolute atomic E-state index is 9.06. The number of halogens is 1. The van der Waals surface area contributed by atoms with Gasteiger partial charge >= 0.3 is 20.0 Å². The molecule has 0 aromatic carbocycles. The number of aromatic nitrogens is 2. The molecule has 0 aliphatic carbocycles. The average Bonchev–Trinajstić information content (AvgIpc) is 2.54. The van der Waals surface area contributed by atoms with E-state index < -0.39 is 0 Å². The molecule has 4 heteroatoms. The van der Waals surface area contributed by atoms with Crippen LogP contribution >= 0.6 is 0 Å². The summed E-state index contributed by atoms with van der Waals surface area (Å²) in [6.45, 7) is 9.58. The molecule has 0 aliphatic rings. The van der Waals surface area contributed by atoms with Crippen LogP contribution in [0.15, 0.2) is 12.3 Å². The van der Waals surface area contributed by atoms with Crippen LogP contribution < -0.4 is 0 Å². The van der Waals surface area contributed by atoms with Crippen molar-refractivity contribution in [1.82, 2.24) is 9.78 Å². The Balaban J connectivity index is 0.000000671. The number of hydrogen-bond acceptors (Lipinski definition) is 1. The van der Waals surface area contributed by atoms with Crippen LogP contribution in [0.25, 0.3) is 0 Å². The molecule has 0 aliphatic heterocycles. The van der Waals surface area contributed by atoms with Crippen molar-refractivity contribution in [2.75, 3.05) is 0 Å². The van der Waals surface area contributed by atoms with Gasteiger partial charge in [0.15, 0.2) is 0 Å². The van der Waals surface area contributed by atoms with E-state index in [1.807, 2.05) is 10.9 Å². The third-order valence-electron chi connectivity index (χ3n) is 1.73. The zero-order valence-corrected chi connectivity index (χ0v) is 9.38. The van der Waals surface area contributed by atoms with Crippen molar-refractivity contribution in [2.24, 2.45) is 0 Å². The second-order valence-electron chi connectivity index (χ2n) is 3.81. The fraction of sp³-hybridized carbons (Fsp3) is 0.667. The molecule has 0 spiro atoms. The van der Waals surface area contributed by atoms with Gasteiger partial charge in [0, 0.05) is 18.2 Å². The normalized spacial score (nSPS) is 10.7. The molecule has 13 heavy (non-hydrogen) atoms. The molecule has 1 heterocycles. The Hall–Kier alpha value is -0.341. The molecule has 1 rings (SSSR count). The predicted octanol–water partition coefficient (Wildman–Crippen LogP) is 2.62. The van der Waals surface area contributed by atoms with Gasteiger partial charge in [0.25, 0.3) is 0 Å². The molecule has 0 saturated heterocycles. The summed E-state index contributed by atoms with van der Waals surface area (Å²) in [6, 6.07) is 2.09. The van der Waals surface area contributed by atoms with Gasteiger partial charge in [-0.2, -0.15) is 5.10 Å². The quantitative estimate of drug-likeness (QED) is 0.684. The Morgan fingerprint density at radius 3 is 2.23 bits per heavy atom. The van der Waals surface area contributed by atoms with Gasteiger partial charge in [0.1, 0.15) is 0 Å². The molecule has 0 atom stereocenters. The first-order valence-electron chi connectivity index (χ1n) is 4.19. The minimum absolute atomic E-state index is 0.181. The summed E-state index contributed by atoms with van der Waals surface area (Å²) in [7, 11) is 0. The summed E-state index contributed by atoms with van der Waals surface area (Å²) in [4.78, 5) is 0. The fourth-order valence-electron chi connectivity index (χ4n) is 0.938. The molecular formula is C9H16CuFN2. The molecular weight excluding hydrogens is 219 g/mol. The number of nitrogens with zero attached hydrogens (tertiary/aromatic N) is 2. The van der Waals surface area contributed by atoms with Crippen LogP contribution in [-0.4, -0.2) is 9.78 Å². The molecule has 0 radical (unpaired) electrons. The molecule has 1 aromatic heterocycles. The Morgan fingerprint density at radius 1 is 1.46 bits per heavy atom. The summed E-state index contributed by atoms with van der Waals surface area (Å²) in [6.07, 6.45) is 2.03. The van der Waals surface area contributed by atoms with E-state index in [9.17, 15) is 0 Å². The van der Waals surface area contributed by atoms with Crippen LogP contribution in [0.4, 0.5) is 3.55 Å². The van der Waals surface area contributed by atoms with Crippen LogP contribution in [0, 0.1) is 0 Å². The zero-order chi connectivity index (χ0) is 10.5. The van der Waals surface area contributed by atoms with Crippen molar-refractivity contribution in [3.05, 3.63) is 18.0 Å². The molecule has 0 unspecified atom stereocenters. The number of hydrogen-bond donors (Lipinski definition) is 0. The van der Waals surface area contributed by atoms with E-state index in [-0.39, 0.29) is 5.41 Å². The molecule has 0 bridgehead atoms. The van der Waals surface area contributed by atoms with Gasteiger partial charge in [0.05, 0.1) is 5.69 Å². The first-order valence-corrected chi connectivity index (χ1v) is 4.55. The first-order chi connectivity index (χ1) is 6.04. The van der Waals surface area contributed by atoms with Gasteiger partial charge in [-0.1, -0.05) is 20.8 Å². The van der Waals surface area contributed by atoms with E-state index in [0.29, 0.717) is 0 Å². The van der Waals surface area contributed by atoms with E-state index in [2.05, 4.69) is 55.3 Å². The Kier molecular flexibility index (Phi) is 5.26. The SMILES string of the molecule is CCn1ccc(C(C)(C)C)n1.[F][Cu]. The minimum atomic E-state index is 0.181. The summed E-state index contributed by atoms with van der Waals surface area (Å²) >= 11 is 2.69. The molecule has 80 valence electrons. The molecule has 0 saturated carbocycles. The van der Waals surface area contributed by atoms with Gasteiger partial charge in [-0.15, -0.1) is 0 Å². The Bertz CT molecular complexity index is 240. The summed E-state index contributed by atoms with van der Waals surface area (Å²) < 4.78 is 11.0. The summed E-state index contributed by atoms with van der Waals surface area (Å²) in [5.74, 6) is 0. The third kappa shape index (κ3) is 3.92. The molecule has 1 aromatic rings. The monoisotopic (exact) mass is 234 g/mol. The van der Waals surface area contributed by atoms with E-state index in [1.165, 1.54) is 5.69 Å². The topological polar surface area (TPSA) is 17.8 Å². The standard InChI is InChI=1S/C9H16N2.Cu.FH/c1-5-11-7-6-8(10-11)9(2,3)4;;/h6-7H,5H2,1-4H3;;1H/q;+1;/p-1. The zero-order valence-electron chi connectivity index (χ0n) is 8.44. The number of rotatable bonds is 1. The van der Waals surface area contributed by atoms with Crippen molar-refractivity contribution < 1.29 is 20.0 Å². The van der Waals surface area contributed by atoms with Gasteiger partial charge in [-0.05, 0) is 13.0 Å². The van der Waals surface area contributed by atoms with Crippen LogP contribution in [0.5, 0.6) is 0 Å². The van der Waals surface area contributed by atoms with Crippen molar-refractivity contribution in [2.45, 2.75) is 39.7 Å². The van der Waals surface area contributed by atoms with Crippen molar-refractivity contribution in [1.29, 1.82) is 0 Å². The number of aryl methyl sites for hydroxylation is 1. The van der Waals surface area contributed by atoms with Crippen molar-refractivity contribution in [3.8, 4) is 0 Å². The van der Waals surface area contributed by atoms with Crippen LogP contribution in [0.1, 0.15) is 33.4 Å². The third-order valence-corrected chi connectivity index (χ3v) is 1.73. The Labute approximate surface area is 87.8 Å². The maximum atomic E-state index is 9.06. The molecule has 0 amide bonds. The van der Waals surface area contributed by atoms with Gasteiger partial charge in [-0.3, -0.25) is 4.68 Å². The average molecular weight is 235 g/mol. The van der Waals surface area contributed by atoms with Gasteiger partial charge in [-0.25, -0.2) is 0 Å². The fourth-order valence-corrected chi connectivity index (χ4v) is 0.938.